The SMILES string of the molecule is Nc1ccc(Sc2cc[c]cc2)cc1. The maximum absolute atomic E-state index is 5.61. The molecule has 0 bridgehead atoms. The third-order valence-electron chi connectivity index (χ3n) is 1.80. The Bertz CT molecular complexity index is 394. The van der Waals surface area contributed by atoms with Gasteiger partial charge in [0.1, 0.15) is 0 Å². The second kappa shape index (κ2) is 4.20. The lowest BCUT2D eigenvalue weighted by Crippen LogP contribution is -1.82. The predicted octanol–water partition coefficient (Wildman–Crippen LogP) is 3.22. The Labute approximate surface area is 88.0 Å². The van der Waals surface area contributed by atoms with E-state index in [-0.39, 0.29) is 0 Å². The fourth-order valence-electron chi connectivity index (χ4n) is 1.11. The molecule has 69 valence electrons. The van der Waals surface area contributed by atoms with E-state index in [0.29, 0.717) is 0 Å². The lowest BCUT2D eigenvalue weighted by Gasteiger charge is -2.00. The average molecular weight is 200 g/mol. The smallest absolute Gasteiger partial charge is 0.0314 e. The van der Waals surface area contributed by atoms with Crippen molar-refractivity contribution in [2.45, 2.75) is 9.79 Å². The normalized spacial score (nSPS) is 10.0. The van der Waals surface area contributed by atoms with Crippen LogP contribution >= 0.6 is 11.8 Å². The minimum absolute atomic E-state index is 0.802. The summed E-state index contributed by atoms with van der Waals surface area (Å²) in [5.41, 5.74) is 6.41. The summed E-state index contributed by atoms with van der Waals surface area (Å²) in [5.74, 6) is 0. The zero-order valence-electron chi connectivity index (χ0n) is 7.60. The van der Waals surface area contributed by atoms with Crippen molar-refractivity contribution in [2.24, 2.45) is 0 Å². The third kappa shape index (κ3) is 2.30. The van der Waals surface area contributed by atoms with Gasteiger partial charge >= 0.3 is 0 Å². The summed E-state index contributed by atoms with van der Waals surface area (Å²) in [5, 5.41) is 0. The number of hydrogen-bond acceptors (Lipinski definition) is 2. The molecule has 2 heteroatoms. The van der Waals surface area contributed by atoms with Crippen LogP contribution in [0.4, 0.5) is 5.69 Å². The highest BCUT2D eigenvalue weighted by atomic mass is 32.2. The van der Waals surface area contributed by atoms with Gasteiger partial charge in [-0.25, -0.2) is 0 Å². The number of rotatable bonds is 2. The van der Waals surface area contributed by atoms with Crippen molar-refractivity contribution in [3.63, 3.8) is 0 Å². The predicted molar refractivity (Wildman–Crippen MR) is 60.3 cm³/mol. The first-order valence-electron chi connectivity index (χ1n) is 4.34. The topological polar surface area (TPSA) is 26.0 Å². The van der Waals surface area contributed by atoms with Gasteiger partial charge in [-0.15, -0.1) is 0 Å². The molecule has 0 saturated heterocycles. The lowest BCUT2D eigenvalue weighted by atomic mass is 10.3. The Hall–Kier alpha value is -1.41. The number of nitrogen functional groups attached to an aromatic ring is 1. The van der Waals surface area contributed by atoms with Gasteiger partial charge in [-0.3, -0.25) is 0 Å². The van der Waals surface area contributed by atoms with Gasteiger partial charge in [0.2, 0.25) is 0 Å². The molecule has 0 atom stereocenters. The minimum atomic E-state index is 0.802. The Morgan fingerprint density at radius 1 is 0.857 bits per heavy atom. The highest BCUT2D eigenvalue weighted by Crippen LogP contribution is 2.27. The Morgan fingerprint density at radius 3 is 2.07 bits per heavy atom. The molecule has 0 fully saturated rings. The summed E-state index contributed by atoms with van der Waals surface area (Å²) < 4.78 is 0. The van der Waals surface area contributed by atoms with Crippen molar-refractivity contribution in [3.8, 4) is 0 Å². The van der Waals surface area contributed by atoms with Crippen LogP contribution in [0, 0.1) is 6.07 Å². The van der Waals surface area contributed by atoms with Crippen molar-refractivity contribution >= 4 is 17.4 Å². The molecule has 14 heavy (non-hydrogen) atoms. The summed E-state index contributed by atoms with van der Waals surface area (Å²) >= 11 is 1.72. The monoisotopic (exact) mass is 200 g/mol. The highest BCUT2D eigenvalue weighted by Gasteiger charge is 1.95. The van der Waals surface area contributed by atoms with Crippen molar-refractivity contribution in [3.05, 3.63) is 54.6 Å². The van der Waals surface area contributed by atoms with Crippen LogP contribution in [0.5, 0.6) is 0 Å². The lowest BCUT2D eigenvalue weighted by molar-refractivity contribution is 1.40. The largest absolute Gasteiger partial charge is 0.399 e. The molecule has 0 spiro atoms. The number of benzene rings is 2. The van der Waals surface area contributed by atoms with Crippen LogP contribution in [-0.2, 0) is 0 Å². The van der Waals surface area contributed by atoms with Gasteiger partial charge in [-0.2, -0.15) is 0 Å². The van der Waals surface area contributed by atoms with Gasteiger partial charge in [0.15, 0.2) is 0 Å². The van der Waals surface area contributed by atoms with Gasteiger partial charge in [-0.05, 0) is 42.5 Å². The summed E-state index contributed by atoms with van der Waals surface area (Å²) in [7, 11) is 0. The number of anilines is 1. The first-order chi connectivity index (χ1) is 6.84. The van der Waals surface area contributed by atoms with E-state index in [1.807, 2.05) is 48.5 Å². The molecule has 0 aliphatic rings. The van der Waals surface area contributed by atoms with Crippen LogP contribution in [0.25, 0.3) is 0 Å². The number of hydrogen-bond donors (Lipinski definition) is 1. The molecule has 2 N–H and O–H groups in total. The van der Waals surface area contributed by atoms with E-state index in [2.05, 4.69) is 6.07 Å². The molecule has 0 heterocycles. The second-order valence-corrected chi connectivity index (χ2v) is 4.05. The second-order valence-electron chi connectivity index (χ2n) is 2.91. The maximum Gasteiger partial charge on any atom is 0.0314 e. The maximum atomic E-state index is 5.61. The van der Waals surface area contributed by atoms with Gasteiger partial charge in [0, 0.05) is 15.5 Å². The Balaban J connectivity index is 2.16. The van der Waals surface area contributed by atoms with E-state index in [1.165, 1.54) is 9.79 Å². The van der Waals surface area contributed by atoms with Gasteiger partial charge in [-0.1, -0.05) is 23.9 Å². The van der Waals surface area contributed by atoms with Crippen LogP contribution in [0.2, 0.25) is 0 Å². The molecule has 0 unspecified atom stereocenters. The molecule has 0 aliphatic heterocycles. The fourth-order valence-corrected chi connectivity index (χ4v) is 1.93. The first-order valence-corrected chi connectivity index (χ1v) is 5.16. The van der Waals surface area contributed by atoms with E-state index in [4.69, 9.17) is 5.73 Å². The average Bonchev–Trinajstić information content (AvgIpc) is 2.23. The highest BCUT2D eigenvalue weighted by molar-refractivity contribution is 7.99. The molecule has 0 aromatic heterocycles. The van der Waals surface area contributed by atoms with Crippen molar-refractivity contribution in [1.82, 2.24) is 0 Å². The molecule has 0 amide bonds. The zero-order chi connectivity index (χ0) is 9.80. The Kier molecular flexibility index (Phi) is 2.75. The molecule has 2 rings (SSSR count). The van der Waals surface area contributed by atoms with E-state index >= 15 is 0 Å². The summed E-state index contributed by atoms with van der Waals surface area (Å²) in [6.07, 6.45) is 0. The van der Waals surface area contributed by atoms with Gasteiger partial charge in [0.25, 0.3) is 0 Å². The molecule has 1 radical (unpaired) electrons. The van der Waals surface area contributed by atoms with E-state index < -0.39 is 0 Å². The summed E-state index contributed by atoms with van der Waals surface area (Å²) in [6.45, 7) is 0. The van der Waals surface area contributed by atoms with Crippen LogP contribution in [0.1, 0.15) is 0 Å². The first kappa shape index (κ1) is 9.16. The molecule has 2 aromatic rings. The van der Waals surface area contributed by atoms with Gasteiger partial charge in [0.05, 0.1) is 0 Å². The van der Waals surface area contributed by atoms with Crippen LogP contribution in [0.3, 0.4) is 0 Å². The number of nitrogens with two attached hydrogens (primary N) is 1. The quantitative estimate of drug-likeness (QED) is 0.753. The van der Waals surface area contributed by atoms with E-state index in [1.54, 1.807) is 11.8 Å². The van der Waals surface area contributed by atoms with Crippen molar-refractivity contribution < 1.29 is 0 Å². The van der Waals surface area contributed by atoms with Crippen molar-refractivity contribution in [2.75, 3.05) is 5.73 Å². The van der Waals surface area contributed by atoms with Crippen molar-refractivity contribution in [1.29, 1.82) is 0 Å². The Morgan fingerprint density at radius 2 is 1.43 bits per heavy atom. The molecular formula is C12H10NS. The zero-order valence-corrected chi connectivity index (χ0v) is 8.42. The van der Waals surface area contributed by atoms with Gasteiger partial charge < -0.3 is 5.73 Å². The van der Waals surface area contributed by atoms with Crippen LogP contribution in [-0.4, -0.2) is 0 Å². The van der Waals surface area contributed by atoms with E-state index in [9.17, 15) is 0 Å². The molecule has 2 aromatic carbocycles. The third-order valence-corrected chi connectivity index (χ3v) is 2.82. The molecule has 1 nitrogen and oxygen atoms in total. The molecule has 0 saturated carbocycles. The fraction of sp³-hybridized carbons (Fsp3) is 0. The minimum Gasteiger partial charge on any atom is -0.399 e. The van der Waals surface area contributed by atoms with Crippen LogP contribution in [0.15, 0.2) is 58.3 Å². The summed E-state index contributed by atoms with van der Waals surface area (Å²) in [4.78, 5) is 2.42. The molecule has 0 aliphatic carbocycles. The molecular weight excluding hydrogens is 190 g/mol. The standard InChI is InChI=1S/C12H10NS/c13-10-6-8-12(9-7-10)14-11-4-2-1-3-5-11/h2-9H,13H2. The summed E-state index contributed by atoms with van der Waals surface area (Å²) in [6, 6.07) is 18.8. The van der Waals surface area contributed by atoms with E-state index in [0.717, 1.165) is 5.69 Å². The van der Waals surface area contributed by atoms with Crippen LogP contribution < -0.4 is 5.73 Å².